The summed E-state index contributed by atoms with van der Waals surface area (Å²) in [6.45, 7) is 1.19. The van der Waals surface area contributed by atoms with E-state index in [0.717, 1.165) is 12.1 Å². The molecule has 134 valence electrons. The largest absolute Gasteiger partial charge is 0.418 e. The van der Waals surface area contributed by atoms with E-state index in [1.54, 1.807) is 17.5 Å². The number of hydrogen-bond acceptors (Lipinski definition) is 4. The van der Waals surface area contributed by atoms with Gasteiger partial charge in [0.25, 0.3) is 0 Å². The van der Waals surface area contributed by atoms with E-state index in [0.29, 0.717) is 4.88 Å². The fraction of sp³-hybridized carbons (Fsp3) is 0.250. The zero-order chi connectivity index (χ0) is 18.7. The second kappa shape index (κ2) is 7.24. The highest BCUT2D eigenvalue weighted by Crippen LogP contribution is 2.34. The molecule has 9 heteroatoms. The van der Waals surface area contributed by atoms with E-state index < -0.39 is 34.8 Å². The third kappa shape index (κ3) is 4.80. The van der Waals surface area contributed by atoms with Gasteiger partial charge in [0.05, 0.1) is 17.8 Å². The fourth-order valence-corrected chi connectivity index (χ4v) is 2.81. The quantitative estimate of drug-likeness (QED) is 0.722. The van der Waals surface area contributed by atoms with E-state index in [9.17, 15) is 27.9 Å². The van der Waals surface area contributed by atoms with Gasteiger partial charge in [0.2, 0.25) is 0 Å². The van der Waals surface area contributed by atoms with Crippen LogP contribution in [0.5, 0.6) is 0 Å². The van der Waals surface area contributed by atoms with Crippen LogP contribution in [0.3, 0.4) is 0 Å². The SMILES string of the molecule is CC(O)(CNC(=O)C(=O)Nc1ccccc1C(F)(F)F)c1cccs1. The second-order valence-electron chi connectivity index (χ2n) is 5.43. The molecule has 25 heavy (non-hydrogen) atoms. The number of para-hydroxylation sites is 1. The van der Waals surface area contributed by atoms with Gasteiger partial charge in [-0.3, -0.25) is 9.59 Å². The van der Waals surface area contributed by atoms with Gasteiger partial charge >= 0.3 is 18.0 Å². The molecule has 1 unspecified atom stereocenters. The van der Waals surface area contributed by atoms with E-state index in [-0.39, 0.29) is 6.54 Å². The molecule has 2 amide bonds. The van der Waals surface area contributed by atoms with Gasteiger partial charge in [-0.1, -0.05) is 18.2 Å². The summed E-state index contributed by atoms with van der Waals surface area (Å²) in [5.41, 5.74) is -2.96. The Morgan fingerprint density at radius 1 is 1.12 bits per heavy atom. The van der Waals surface area contributed by atoms with Crippen molar-refractivity contribution in [2.45, 2.75) is 18.7 Å². The van der Waals surface area contributed by atoms with Gasteiger partial charge in [0.1, 0.15) is 5.60 Å². The first-order chi connectivity index (χ1) is 11.6. The molecule has 0 bridgehead atoms. The Morgan fingerprint density at radius 2 is 1.80 bits per heavy atom. The molecule has 1 atom stereocenters. The zero-order valence-electron chi connectivity index (χ0n) is 13.1. The summed E-state index contributed by atoms with van der Waals surface area (Å²) in [5.74, 6) is -2.40. The van der Waals surface area contributed by atoms with Gasteiger partial charge in [-0.2, -0.15) is 13.2 Å². The lowest BCUT2D eigenvalue weighted by Crippen LogP contribution is -2.43. The number of carbonyl (C=O) groups is 2. The number of thiophene rings is 1. The molecule has 0 saturated carbocycles. The Hall–Kier alpha value is -2.39. The lowest BCUT2D eigenvalue weighted by atomic mass is 10.1. The molecule has 0 aliphatic rings. The first-order valence-corrected chi connectivity index (χ1v) is 8.01. The van der Waals surface area contributed by atoms with Crippen molar-refractivity contribution in [1.29, 1.82) is 0 Å². The van der Waals surface area contributed by atoms with Crippen molar-refractivity contribution in [1.82, 2.24) is 5.32 Å². The van der Waals surface area contributed by atoms with Gasteiger partial charge in [-0.25, -0.2) is 0 Å². The average molecular weight is 372 g/mol. The highest BCUT2D eigenvalue weighted by Gasteiger charge is 2.34. The maximum Gasteiger partial charge on any atom is 0.418 e. The predicted molar refractivity (Wildman–Crippen MR) is 87.0 cm³/mol. The third-order valence-electron chi connectivity index (χ3n) is 3.33. The summed E-state index contributed by atoms with van der Waals surface area (Å²) in [7, 11) is 0. The normalized spacial score (nSPS) is 13.8. The molecule has 1 aromatic heterocycles. The molecule has 1 aromatic carbocycles. The number of hydrogen-bond donors (Lipinski definition) is 3. The molecule has 2 aromatic rings. The minimum Gasteiger partial charge on any atom is -0.383 e. The zero-order valence-corrected chi connectivity index (χ0v) is 13.9. The van der Waals surface area contributed by atoms with Crippen molar-refractivity contribution in [2.24, 2.45) is 0 Å². The summed E-state index contributed by atoms with van der Waals surface area (Å²) in [5, 5.41) is 16.2. The van der Waals surface area contributed by atoms with Crippen molar-refractivity contribution in [3.8, 4) is 0 Å². The first kappa shape index (κ1) is 18.9. The Balaban J connectivity index is 2.01. The van der Waals surface area contributed by atoms with Crippen LogP contribution in [0.1, 0.15) is 17.4 Å². The number of halogens is 3. The minimum absolute atomic E-state index is 0.263. The Labute approximate surface area is 145 Å². The summed E-state index contributed by atoms with van der Waals surface area (Å²) < 4.78 is 38.6. The van der Waals surface area contributed by atoms with Crippen LogP contribution in [0.4, 0.5) is 18.9 Å². The minimum atomic E-state index is -4.66. The van der Waals surface area contributed by atoms with E-state index in [1.165, 1.54) is 30.4 Å². The third-order valence-corrected chi connectivity index (χ3v) is 4.46. The van der Waals surface area contributed by atoms with Crippen LogP contribution >= 0.6 is 11.3 Å². The molecule has 2 rings (SSSR count). The number of alkyl halides is 3. The number of anilines is 1. The summed E-state index contributed by atoms with van der Waals surface area (Å²) >= 11 is 1.27. The number of nitrogens with one attached hydrogen (secondary N) is 2. The van der Waals surface area contributed by atoms with Crippen molar-refractivity contribution in [3.63, 3.8) is 0 Å². The summed E-state index contributed by atoms with van der Waals surface area (Å²) in [6, 6.07) is 7.72. The monoisotopic (exact) mass is 372 g/mol. The number of benzene rings is 1. The molecular weight excluding hydrogens is 357 g/mol. The summed E-state index contributed by atoms with van der Waals surface area (Å²) in [6.07, 6.45) is -4.66. The first-order valence-electron chi connectivity index (χ1n) is 7.13. The number of aliphatic hydroxyl groups is 1. The van der Waals surface area contributed by atoms with Gasteiger partial charge < -0.3 is 15.7 Å². The molecule has 0 aliphatic carbocycles. The Kier molecular flexibility index (Phi) is 5.48. The molecule has 3 N–H and O–H groups in total. The molecular formula is C16H15F3N2O3S. The number of amides is 2. The maximum atomic E-state index is 12.9. The van der Waals surface area contributed by atoms with Crippen LogP contribution in [0, 0.1) is 0 Å². The van der Waals surface area contributed by atoms with Crippen LogP contribution in [-0.4, -0.2) is 23.5 Å². The van der Waals surface area contributed by atoms with Crippen molar-refractivity contribution >= 4 is 28.8 Å². The van der Waals surface area contributed by atoms with Crippen LogP contribution in [0.15, 0.2) is 41.8 Å². The predicted octanol–water partition coefficient (Wildman–Crippen LogP) is 2.73. The topological polar surface area (TPSA) is 78.4 Å². The van der Waals surface area contributed by atoms with Crippen LogP contribution in [0.25, 0.3) is 0 Å². The Bertz CT molecular complexity index is 758. The molecule has 5 nitrogen and oxygen atoms in total. The standard InChI is InChI=1S/C16H15F3N2O3S/c1-15(24,12-7-4-8-25-12)9-20-13(22)14(23)21-11-6-3-2-5-10(11)16(17,18)19/h2-8,24H,9H2,1H3,(H,20,22)(H,21,23). The number of carbonyl (C=O) groups excluding carboxylic acids is 2. The van der Waals surface area contributed by atoms with E-state index in [1.807, 2.05) is 5.32 Å². The van der Waals surface area contributed by atoms with Crippen LogP contribution < -0.4 is 10.6 Å². The molecule has 0 radical (unpaired) electrons. The molecule has 0 spiro atoms. The maximum absolute atomic E-state index is 12.9. The van der Waals surface area contributed by atoms with Crippen LogP contribution in [-0.2, 0) is 21.4 Å². The molecule has 1 heterocycles. The lowest BCUT2D eigenvalue weighted by Gasteiger charge is -2.22. The van der Waals surface area contributed by atoms with Crippen molar-refractivity contribution < 1.29 is 27.9 Å². The van der Waals surface area contributed by atoms with Crippen molar-refractivity contribution in [3.05, 3.63) is 52.2 Å². The highest BCUT2D eigenvalue weighted by atomic mass is 32.1. The molecule has 0 aliphatic heterocycles. The van der Waals surface area contributed by atoms with Gasteiger partial charge in [0.15, 0.2) is 0 Å². The molecule has 0 fully saturated rings. The van der Waals surface area contributed by atoms with Crippen LogP contribution in [0.2, 0.25) is 0 Å². The Morgan fingerprint density at radius 3 is 2.40 bits per heavy atom. The van der Waals surface area contributed by atoms with Gasteiger partial charge in [0, 0.05) is 4.88 Å². The van der Waals surface area contributed by atoms with Crippen molar-refractivity contribution in [2.75, 3.05) is 11.9 Å². The average Bonchev–Trinajstić information content (AvgIpc) is 3.07. The smallest absolute Gasteiger partial charge is 0.383 e. The number of rotatable bonds is 4. The lowest BCUT2D eigenvalue weighted by molar-refractivity contribution is -0.138. The van der Waals surface area contributed by atoms with Gasteiger partial charge in [-0.15, -0.1) is 11.3 Å². The second-order valence-corrected chi connectivity index (χ2v) is 6.38. The van der Waals surface area contributed by atoms with Gasteiger partial charge in [-0.05, 0) is 30.5 Å². The summed E-state index contributed by atoms with van der Waals surface area (Å²) in [4.78, 5) is 24.2. The molecule has 0 saturated heterocycles. The highest BCUT2D eigenvalue weighted by molar-refractivity contribution is 7.10. The van der Waals surface area contributed by atoms with E-state index in [2.05, 4.69) is 5.32 Å². The van der Waals surface area contributed by atoms with E-state index in [4.69, 9.17) is 0 Å². The van der Waals surface area contributed by atoms with E-state index >= 15 is 0 Å². The fourth-order valence-electron chi connectivity index (χ4n) is 2.02.